The molecule has 0 saturated carbocycles. The highest BCUT2D eigenvalue weighted by molar-refractivity contribution is 7.93. The van der Waals surface area contributed by atoms with Gasteiger partial charge in [-0.15, -0.1) is 0 Å². The molecule has 2 rings (SSSR count). The number of nitrogens with one attached hydrogen (secondary N) is 1. The van der Waals surface area contributed by atoms with E-state index in [1.54, 1.807) is 0 Å². The zero-order valence-electron chi connectivity index (χ0n) is 15.8. The minimum atomic E-state index is -5.35. The van der Waals surface area contributed by atoms with Crippen LogP contribution < -0.4 is 14.2 Å². The molecule has 29 heavy (non-hydrogen) atoms. The quantitative estimate of drug-likeness (QED) is 0.636. The van der Waals surface area contributed by atoms with E-state index < -0.39 is 50.6 Å². The van der Waals surface area contributed by atoms with E-state index in [0.717, 1.165) is 6.07 Å². The van der Waals surface area contributed by atoms with Crippen molar-refractivity contribution in [3.63, 3.8) is 0 Å². The molecule has 1 unspecified atom stereocenters. The van der Waals surface area contributed by atoms with Crippen molar-refractivity contribution in [3.8, 4) is 11.8 Å². The van der Waals surface area contributed by atoms with E-state index >= 15 is 0 Å². The van der Waals surface area contributed by atoms with Gasteiger partial charge in [0.05, 0.1) is 26.0 Å². The van der Waals surface area contributed by atoms with E-state index in [1.165, 1.54) is 25.0 Å². The molecule has 1 heterocycles. The Bertz CT molecular complexity index is 922. The standard InChI is InChI=1S/C14H13F4N3O5S.C2H6/c1-25-8-5-9(26-2)20-13(19-8)12(22)6-3-4-7(15)10(16)11(6)21-27(23,24)14(17)18;1-2/h3-5,12,14,21-22H,1-2H3;1-2H3. The zero-order valence-corrected chi connectivity index (χ0v) is 16.6. The first-order chi connectivity index (χ1) is 13.6. The van der Waals surface area contributed by atoms with E-state index in [-0.39, 0.29) is 11.8 Å². The number of anilines is 1. The Kier molecular flexibility index (Phi) is 8.58. The number of rotatable bonds is 7. The largest absolute Gasteiger partial charge is 0.481 e. The Labute approximate surface area is 164 Å². The van der Waals surface area contributed by atoms with Gasteiger partial charge in [-0.2, -0.15) is 18.7 Å². The molecular weight excluding hydrogens is 422 g/mol. The molecule has 0 fully saturated rings. The van der Waals surface area contributed by atoms with Gasteiger partial charge in [0.1, 0.15) is 6.10 Å². The fourth-order valence-corrected chi connectivity index (χ4v) is 2.56. The number of aliphatic hydroxyl groups is 1. The van der Waals surface area contributed by atoms with Crippen LogP contribution in [-0.2, 0) is 10.0 Å². The maximum atomic E-state index is 14.1. The number of aliphatic hydroxyl groups excluding tert-OH is 1. The summed E-state index contributed by atoms with van der Waals surface area (Å²) in [4.78, 5) is 7.59. The molecule has 1 aromatic carbocycles. The van der Waals surface area contributed by atoms with Crippen LogP contribution in [-0.4, -0.2) is 43.5 Å². The number of alkyl halides is 2. The first-order valence-corrected chi connectivity index (χ1v) is 9.58. The highest BCUT2D eigenvalue weighted by Crippen LogP contribution is 2.33. The molecule has 0 amide bonds. The lowest BCUT2D eigenvalue weighted by atomic mass is 10.1. The number of aromatic nitrogens is 2. The molecule has 162 valence electrons. The molecule has 8 nitrogen and oxygen atoms in total. The predicted octanol–water partition coefficient (Wildman–Crippen LogP) is 2.84. The van der Waals surface area contributed by atoms with Gasteiger partial charge in [0, 0.05) is 5.56 Å². The Morgan fingerprint density at radius 2 is 1.59 bits per heavy atom. The van der Waals surface area contributed by atoms with Gasteiger partial charge in [0.15, 0.2) is 17.5 Å². The van der Waals surface area contributed by atoms with Gasteiger partial charge in [-0.05, 0) is 6.07 Å². The highest BCUT2D eigenvalue weighted by Gasteiger charge is 2.30. The molecule has 0 radical (unpaired) electrons. The lowest BCUT2D eigenvalue weighted by molar-refractivity contribution is 0.206. The molecule has 0 bridgehead atoms. The molecule has 1 aromatic heterocycles. The van der Waals surface area contributed by atoms with Crippen LogP contribution >= 0.6 is 0 Å². The summed E-state index contributed by atoms with van der Waals surface area (Å²) in [6, 6.07) is 2.62. The third-order valence-corrected chi connectivity index (χ3v) is 4.22. The Hall–Kier alpha value is -2.67. The predicted molar refractivity (Wildman–Crippen MR) is 95.5 cm³/mol. The summed E-state index contributed by atoms with van der Waals surface area (Å²) in [6.45, 7) is 4.00. The van der Waals surface area contributed by atoms with Crippen LogP contribution in [0.4, 0.5) is 23.2 Å². The molecular formula is C16H19F4N3O5S. The van der Waals surface area contributed by atoms with Crippen LogP contribution in [0, 0.1) is 11.6 Å². The van der Waals surface area contributed by atoms with Crippen LogP contribution in [0.3, 0.4) is 0 Å². The SMILES string of the molecule is CC.COc1cc(OC)nc(C(O)c2ccc(F)c(F)c2NS(=O)(=O)C(F)F)n1. The summed E-state index contributed by atoms with van der Waals surface area (Å²) in [6.07, 6.45) is -1.93. The minimum absolute atomic E-state index is 0.0619. The molecule has 0 aliphatic carbocycles. The van der Waals surface area contributed by atoms with Gasteiger partial charge in [-0.3, -0.25) is 4.72 Å². The third-order valence-electron chi connectivity index (χ3n) is 3.26. The molecule has 13 heteroatoms. The van der Waals surface area contributed by atoms with Crippen molar-refractivity contribution < 1.29 is 40.6 Å². The molecule has 2 aromatic rings. The van der Waals surface area contributed by atoms with Crippen LogP contribution in [0.1, 0.15) is 31.3 Å². The number of benzene rings is 1. The summed E-state index contributed by atoms with van der Waals surface area (Å²) < 4.78 is 86.5. The van der Waals surface area contributed by atoms with Crippen molar-refractivity contribution in [1.82, 2.24) is 9.97 Å². The number of sulfonamides is 1. The zero-order chi connectivity index (χ0) is 22.4. The lowest BCUT2D eigenvalue weighted by Gasteiger charge is -2.17. The van der Waals surface area contributed by atoms with E-state index in [0.29, 0.717) is 6.07 Å². The molecule has 0 aliphatic heterocycles. The van der Waals surface area contributed by atoms with Gasteiger partial charge in [0.25, 0.3) is 10.0 Å². The summed E-state index contributed by atoms with van der Waals surface area (Å²) >= 11 is 0. The van der Waals surface area contributed by atoms with Crippen molar-refractivity contribution in [2.75, 3.05) is 18.9 Å². The average Bonchev–Trinajstić information content (AvgIpc) is 2.71. The molecule has 0 spiro atoms. The Morgan fingerprint density at radius 1 is 1.07 bits per heavy atom. The van der Waals surface area contributed by atoms with Crippen molar-refractivity contribution >= 4 is 15.7 Å². The van der Waals surface area contributed by atoms with E-state index in [1.807, 2.05) is 13.8 Å². The Morgan fingerprint density at radius 3 is 2.03 bits per heavy atom. The summed E-state index contributed by atoms with van der Waals surface area (Å²) in [5.41, 5.74) is -1.80. The second kappa shape index (κ2) is 10.2. The fourth-order valence-electron chi connectivity index (χ4n) is 1.98. The van der Waals surface area contributed by atoms with Crippen molar-refractivity contribution in [1.29, 1.82) is 0 Å². The number of methoxy groups -OCH3 is 2. The van der Waals surface area contributed by atoms with Crippen LogP contribution in [0.15, 0.2) is 18.2 Å². The number of hydrogen-bond acceptors (Lipinski definition) is 7. The summed E-state index contributed by atoms with van der Waals surface area (Å²) in [7, 11) is -2.85. The van der Waals surface area contributed by atoms with Crippen LogP contribution in [0.2, 0.25) is 0 Å². The first kappa shape index (κ1) is 24.4. The van der Waals surface area contributed by atoms with Gasteiger partial charge in [0.2, 0.25) is 11.8 Å². The number of nitrogens with zero attached hydrogens (tertiary/aromatic N) is 2. The maximum Gasteiger partial charge on any atom is 0.355 e. The third kappa shape index (κ3) is 5.67. The number of ether oxygens (including phenoxy) is 2. The molecule has 0 aliphatic rings. The second-order valence-corrected chi connectivity index (χ2v) is 6.60. The Balaban J connectivity index is 0.00000204. The normalized spacial score (nSPS) is 12.1. The van der Waals surface area contributed by atoms with E-state index in [2.05, 4.69) is 9.97 Å². The summed E-state index contributed by atoms with van der Waals surface area (Å²) in [5, 5.41) is 10.4. The number of hydrogen-bond donors (Lipinski definition) is 2. The van der Waals surface area contributed by atoms with E-state index in [9.17, 15) is 31.1 Å². The van der Waals surface area contributed by atoms with Crippen molar-refractivity contribution in [2.45, 2.75) is 25.7 Å². The number of halogens is 4. The van der Waals surface area contributed by atoms with Crippen molar-refractivity contribution in [2.24, 2.45) is 0 Å². The van der Waals surface area contributed by atoms with Gasteiger partial charge >= 0.3 is 5.76 Å². The highest BCUT2D eigenvalue weighted by atomic mass is 32.2. The smallest absolute Gasteiger partial charge is 0.355 e. The first-order valence-electron chi connectivity index (χ1n) is 8.03. The van der Waals surface area contributed by atoms with Crippen LogP contribution in [0.5, 0.6) is 11.8 Å². The van der Waals surface area contributed by atoms with Crippen LogP contribution in [0.25, 0.3) is 0 Å². The molecule has 2 N–H and O–H groups in total. The monoisotopic (exact) mass is 441 g/mol. The van der Waals surface area contributed by atoms with Gasteiger partial charge in [-0.1, -0.05) is 19.9 Å². The van der Waals surface area contributed by atoms with Crippen molar-refractivity contribution in [3.05, 3.63) is 41.2 Å². The minimum Gasteiger partial charge on any atom is -0.481 e. The van der Waals surface area contributed by atoms with Gasteiger partial charge < -0.3 is 14.6 Å². The molecule has 0 saturated heterocycles. The topological polar surface area (TPSA) is 111 Å². The summed E-state index contributed by atoms with van der Waals surface area (Å²) in [5.74, 6) is -7.79. The van der Waals surface area contributed by atoms with E-state index in [4.69, 9.17) is 9.47 Å². The van der Waals surface area contributed by atoms with Gasteiger partial charge in [-0.25, -0.2) is 17.2 Å². The lowest BCUT2D eigenvalue weighted by Crippen LogP contribution is -2.23. The second-order valence-electron chi connectivity index (χ2n) is 4.95. The maximum absolute atomic E-state index is 14.1. The molecule has 1 atom stereocenters. The fraction of sp³-hybridized carbons (Fsp3) is 0.375. The average molecular weight is 441 g/mol.